The second kappa shape index (κ2) is 9.29. The van der Waals surface area contributed by atoms with E-state index in [0.717, 1.165) is 21.9 Å². The van der Waals surface area contributed by atoms with Gasteiger partial charge in [-0.25, -0.2) is 9.97 Å². The molecule has 0 radical (unpaired) electrons. The van der Waals surface area contributed by atoms with E-state index in [9.17, 15) is 4.79 Å². The topological polar surface area (TPSA) is 82.6 Å². The molecular weight excluding hydrogens is 378 g/mol. The third kappa shape index (κ3) is 4.65. The second-order valence-electron chi connectivity index (χ2n) is 5.80. The number of anilines is 1. The summed E-state index contributed by atoms with van der Waals surface area (Å²) in [5.41, 5.74) is 2.13. The minimum atomic E-state index is -0.324. The van der Waals surface area contributed by atoms with Gasteiger partial charge in [-0.05, 0) is 43.3 Å². The Morgan fingerprint density at radius 1 is 1.14 bits per heavy atom. The number of nitrogens with zero attached hydrogens (tertiary/aromatic N) is 2. The number of aryl methyl sites for hydroxylation is 1. The van der Waals surface area contributed by atoms with Gasteiger partial charge < -0.3 is 14.2 Å². The highest BCUT2D eigenvalue weighted by atomic mass is 32.1. The van der Waals surface area contributed by atoms with Crippen LogP contribution in [0.2, 0.25) is 0 Å². The van der Waals surface area contributed by atoms with Gasteiger partial charge in [-0.15, -0.1) is 11.3 Å². The molecule has 7 nitrogen and oxygen atoms in total. The SMILES string of the molecule is COCCOc1ncccc1C(=O)Nc1nc(-c2ccc(OC)cc2)c(C)s1. The molecule has 0 saturated carbocycles. The van der Waals surface area contributed by atoms with Gasteiger partial charge in [-0.1, -0.05) is 0 Å². The predicted octanol–water partition coefficient (Wildman–Crippen LogP) is 3.80. The first-order chi connectivity index (χ1) is 13.6. The van der Waals surface area contributed by atoms with E-state index in [1.807, 2.05) is 31.2 Å². The summed E-state index contributed by atoms with van der Waals surface area (Å²) in [6.45, 7) is 2.69. The van der Waals surface area contributed by atoms with E-state index in [1.54, 1.807) is 32.5 Å². The van der Waals surface area contributed by atoms with Crippen LogP contribution >= 0.6 is 11.3 Å². The molecule has 0 aliphatic rings. The molecule has 0 bridgehead atoms. The number of methoxy groups -OCH3 is 2. The molecule has 8 heteroatoms. The first-order valence-corrected chi connectivity index (χ1v) is 9.44. The van der Waals surface area contributed by atoms with Crippen LogP contribution in [0.5, 0.6) is 11.6 Å². The number of amides is 1. The third-order valence-corrected chi connectivity index (χ3v) is 4.81. The molecule has 0 aliphatic heterocycles. The van der Waals surface area contributed by atoms with Crippen LogP contribution in [-0.2, 0) is 4.74 Å². The van der Waals surface area contributed by atoms with Crippen molar-refractivity contribution in [3.63, 3.8) is 0 Å². The molecule has 0 saturated heterocycles. The molecule has 0 aliphatic carbocycles. The molecule has 1 N–H and O–H groups in total. The number of ether oxygens (including phenoxy) is 3. The maximum atomic E-state index is 12.7. The Morgan fingerprint density at radius 3 is 2.64 bits per heavy atom. The molecule has 0 unspecified atom stereocenters. The van der Waals surface area contributed by atoms with E-state index < -0.39 is 0 Å². The number of pyridine rings is 1. The van der Waals surface area contributed by atoms with Crippen molar-refractivity contribution in [2.75, 3.05) is 32.8 Å². The van der Waals surface area contributed by atoms with Crippen LogP contribution in [0.15, 0.2) is 42.6 Å². The standard InChI is InChI=1S/C20H21N3O4S/c1-13-17(14-6-8-15(26-3)9-7-14)22-20(28-13)23-18(24)16-5-4-10-21-19(16)27-12-11-25-2/h4-10H,11-12H2,1-3H3,(H,22,23,24). The van der Waals surface area contributed by atoms with Gasteiger partial charge in [0.15, 0.2) is 5.13 Å². The molecule has 2 aromatic heterocycles. The lowest BCUT2D eigenvalue weighted by molar-refractivity contribution is 0.101. The van der Waals surface area contributed by atoms with Crippen molar-refractivity contribution in [1.82, 2.24) is 9.97 Å². The minimum absolute atomic E-state index is 0.265. The fourth-order valence-electron chi connectivity index (χ4n) is 2.53. The van der Waals surface area contributed by atoms with Crippen molar-refractivity contribution in [1.29, 1.82) is 0 Å². The Bertz CT molecular complexity index is 941. The number of thiazole rings is 1. The Balaban J connectivity index is 1.76. The first-order valence-electron chi connectivity index (χ1n) is 8.62. The van der Waals surface area contributed by atoms with Gasteiger partial charge >= 0.3 is 0 Å². The maximum Gasteiger partial charge on any atom is 0.262 e. The van der Waals surface area contributed by atoms with Crippen LogP contribution in [0.1, 0.15) is 15.2 Å². The molecule has 1 amide bonds. The monoisotopic (exact) mass is 399 g/mol. The third-order valence-electron chi connectivity index (χ3n) is 3.92. The number of carbonyl (C=O) groups excluding carboxylic acids is 1. The van der Waals surface area contributed by atoms with Crippen molar-refractivity contribution in [2.24, 2.45) is 0 Å². The quantitative estimate of drug-likeness (QED) is 0.580. The van der Waals surface area contributed by atoms with Crippen molar-refractivity contribution in [3.8, 4) is 22.9 Å². The molecule has 0 atom stereocenters. The zero-order valence-electron chi connectivity index (χ0n) is 15.9. The summed E-state index contributed by atoms with van der Waals surface area (Å²) < 4.78 is 15.7. The number of aromatic nitrogens is 2. The molecule has 0 fully saturated rings. The highest BCUT2D eigenvalue weighted by Crippen LogP contribution is 2.31. The molecule has 1 aromatic carbocycles. The van der Waals surface area contributed by atoms with Crippen molar-refractivity contribution in [2.45, 2.75) is 6.92 Å². The van der Waals surface area contributed by atoms with Crippen LogP contribution in [0.3, 0.4) is 0 Å². The highest BCUT2D eigenvalue weighted by Gasteiger charge is 2.17. The van der Waals surface area contributed by atoms with Gasteiger partial charge in [0.05, 0.1) is 19.4 Å². The van der Waals surface area contributed by atoms with E-state index in [0.29, 0.717) is 23.9 Å². The molecule has 0 spiro atoms. The summed E-state index contributed by atoms with van der Waals surface area (Å²) in [7, 11) is 3.21. The first kappa shape index (κ1) is 19.8. The number of hydrogen-bond donors (Lipinski definition) is 1. The fraction of sp³-hybridized carbons (Fsp3) is 0.250. The fourth-order valence-corrected chi connectivity index (χ4v) is 3.36. The Kier molecular flexibility index (Phi) is 6.57. The Labute approximate surface area is 167 Å². The largest absolute Gasteiger partial charge is 0.497 e. The van der Waals surface area contributed by atoms with E-state index in [4.69, 9.17) is 14.2 Å². The number of carbonyl (C=O) groups is 1. The van der Waals surface area contributed by atoms with Crippen LogP contribution in [0, 0.1) is 6.92 Å². The molecule has 3 rings (SSSR count). The zero-order valence-corrected chi connectivity index (χ0v) is 16.7. The average Bonchev–Trinajstić information content (AvgIpc) is 3.08. The normalized spacial score (nSPS) is 10.5. The van der Waals surface area contributed by atoms with Gasteiger partial charge in [-0.2, -0.15) is 0 Å². The number of benzene rings is 1. The molecule has 28 heavy (non-hydrogen) atoms. The smallest absolute Gasteiger partial charge is 0.262 e. The summed E-state index contributed by atoms with van der Waals surface area (Å²) in [6, 6.07) is 11.0. The summed E-state index contributed by atoms with van der Waals surface area (Å²) >= 11 is 1.41. The summed E-state index contributed by atoms with van der Waals surface area (Å²) in [5.74, 6) is 0.721. The summed E-state index contributed by atoms with van der Waals surface area (Å²) in [5, 5.41) is 3.35. The van der Waals surface area contributed by atoms with Gasteiger partial charge in [-0.3, -0.25) is 10.1 Å². The number of hydrogen-bond acceptors (Lipinski definition) is 7. The van der Waals surface area contributed by atoms with E-state index in [-0.39, 0.29) is 11.8 Å². The highest BCUT2D eigenvalue weighted by molar-refractivity contribution is 7.16. The predicted molar refractivity (Wildman–Crippen MR) is 108 cm³/mol. The van der Waals surface area contributed by atoms with Gasteiger partial charge in [0.25, 0.3) is 5.91 Å². The molecule has 146 valence electrons. The second-order valence-corrected chi connectivity index (χ2v) is 7.01. The molecule has 3 aromatic rings. The molecule has 2 heterocycles. The van der Waals surface area contributed by atoms with E-state index in [1.165, 1.54) is 11.3 Å². The van der Waals surface area contributed by atoms with Crippen molar-refractivity contribution in [3.05, 3.63) is 53.0 Å². The lowest BCUT2D eigenvalue weighted by Crippen LogP contribution is -2.15. The van der Waals surface area contributed by atoms with Gasteiger partial charge in [0, 0.05) is 23.7 Å². The Morgan fingerprint density at radius 2 is 1.93 bits per heavy atom. The van der Waals surface area contributed by atoms with Crippen molar-refractivity contribution < 1.29 is 19.0 Å². The van der Waals surface area contributed by atoms with E-state index >= 15 is 0 Å². The van der Waals surface area contributed by atoms with Gasteiger partial charge in [0.2, 0.25) is 5.88 Å². The van der Waals surface area contributed by atoms with Crippen LogP contribution in [0.4, 0.5) is 5.13 Å². The zero-order chi connectivity index (χ0) is 19.9. The van der Waals surface area contributed by atoms with Gasteiger partial charge in [0.1, 0.15) is 17.9 Å². The van der Waals surface area contributed by atoms with E-state index in [2.05, 4.69) is 15.3 Å². The minimum Gasteiger partial charge on any atom is -0.497 e. The lowest BCUT2D eigenvalue weighted by Gasteiger charge is -2.09. The average molecular weight is 399 g/mol. The van der Waals surface area contributed by atoms with Crippen molar-refractivity contribution >= 4 is 22.4 Å². The molecular formula is C20H21N3O4S. The lowest BCUT2D eigenvalue weighted by atomic mass is 10.1. The summed E-state index contributed by atoms with van der Waals surface area (Å²) in [6.07, 6.45) is 1.58. The van der Waals surface area contributed by atoms with Crippen LogP contribution in [0.25, 0.3) is 11.3 Å². The maximum absolute atomic E-state index is 12.7. The van der Waals surface area contributed by atoms with Crippen LogP contribution in [-0.4, -0.2) is 43.3 Å². The number of nitrogens with one attached hydrogen (secondary N) is 1. The number of rotatable bonds is 8. The summed E-state index contributed by atoms with van der Waals surface area (Å²) in [4.78, 5) is 22.4. The Hall–Kier alpha value is -2.97. The van der Waals surface area contributed by atoms with Crippen LogP contribution < -0.4 is 14.8 Å².